The Hall–Kier alpha value is -2.29. The van der Waals surface area contributed by atoms with Crippen LogP contribution in [0, 0.1) is 0 Å². The van der Waals surface area contributed by atoms with Crippen molar-refractivity contribution in [1.29, 1.82) is 0 Å². The number of amides is 2. The van der Waals surface area contributed by atoms with Gasteiger partial charge in [0.1, 0.15) is 0 Å². The molecule has 0 aliphatic heterocycles. The van der Waals surface area contributed by atoms with Gasteiger partial charge in [-0.3, -0.25) is 0 Å². The van der Waals surface area contributed by atoms with Gasteiger partial charge in [0.25, 0.3) is 0 Å². The van der Waals surface area contributed by atoms with E-state index in [-0.39, 0.29) is 12.1 Å². The maximum absolute atomic E-state index is 11.8. The lowest BCUT2D eigenvalue weighted by molar-refractivity contribution is 0.237. The standard InChI is InChI=1S/C20H26N2O/c1-3-16(2)22-20(23)21-15-14-19(17-10-6-4-7-11-17)18-12-8-5-9-13-18/h4-13,16,19H,3,14-15H2,1-2H3,(H2,21,22,23)/t16-/m1/s1. The molecule has 0 aromatic heterocycles. The lowest BCUT2D eigenvalue weighted by Gasteiger charge is -2.19. The van der Waals surface area contributed by atoms with Crippen LogP contribution in [-0.2, 0) is 0 Å². The number of carbonyl (C=O) groups is 1. The van der Waals surface area contributed by atoms with E-state index in [1.54, 1.807) is 0 Å². The molecular weight excluding hydrogens is 284 g/mol. The van der Waals surface area contributed by atoms with Gasteiger partial charge in [-0.1, -0.05) is 67.6 Å². The molecule has 2 aromatic rings. The van der Waals surface area contributed by atoms with Crippen LogP contribution < -0.4 is 10.6 Å². The number of hydrogen-bond donors (Lipinski definition) is 2. The Kier molecular flexibility index (Phi) is 6.67. The molecule has 122 valence electrons. The van der Waals surface area contributed by atoms with Crippen LogP contribution in [0.1, 0.15) is 43.7 Å². The highest BCUT2D eigenvalue weighted by Gasteiger charge is 2.14. The Morgan fingerprint density at radius 1 is 0.957 bits per heavy atom. The zero-order chi connectivity index (χ0) is 16.5. The summed E-state index contributed by atoms with van der Waals surface area (Å²) in [5, 5.41) is 5.90. The zero-order valence-electron chi connectivity index (χ0n) is 14.0. The molecule has 2 aromatic carbocycles. The fourth-order valence-corrected chi connectivity index (χ4v) is 2.60. The fourth-order valence-electron chi connectivity index (χ4n) is 2.60. The molecule has 2 N–H and O–H groups in total. The van der Waals surface area contributed by atoms with Crippen molar-refractivity contribution in [3.05, 3.63) is 71.8 Å². The largest absolute Gasteiger partial charge is 0.338 e. The molecule has 0 unspecified atom stereocenters. The minimum atomic E-state index is -0.0841. The van der Waals surface area contributed by atoms with Gasteiger partial charge in [0, 0.05) is 18.5 Å². The van der Waals surface area contributed by atoms with E-state index in [9.17, 15) is 4.79 Å². The number of rotatable bonds is 7. The van der Waals surface area contributed by atoms with E-state index in [0.29, 0.717) is 12.5 Å². The first-order chi connectivity index (χ1) is 11.2. The minimum Gasteiger partial charge on any atom is -0.338 e. The van der Waals surface area contributed by atoms with E-state index in [0.717, 1.165) is 12.8 Å². The lowest BCUT2D eigenvalue weighted by atomic mass is 9.88. The van der Waals surface area contributed by atoms with Crippen molar-refractivity contribution >= 4 is 6.03 Å². The van der Waals surface area contributed by atoms with Gasteiger partial charge >= 0.3 is 6.03 Å². The van der Waals surface area contributed by atoms with E-state index in [1.807, 2.05) is 19.1 Å². The zero-order valence-corrected chi connectivity index (χ0v) is 14.0. The Morgan fingerprint density at radius 3 is 1.96 bits per heavy atom. The van der Waals surface area contributed by atoms with Crippen molar-refractivity contribution < 1.29 is 4.79 Å². The van der Waals surface area contributed by atoms with Gasteiger partial charge in [-0.2, -0.15) is 0 Å². The van der Waals surface area contributed by atoms with Crippen molar-refractivity contribution in [2.24, 2.45) is 0 Å². The number of nitrogens with one attached hydrogen (secondary N) is 2. The van der Waals surface area contributed by atoms with Crippen LogP contribution in [0.3, 0.4) is 0 Å². The second-order valence-electron chi connectivity index (χ2n) is 5.87. The molecule has 0 radical (unpaired) electrons. The molecule has 2 amide bonds. The van der Waals surface area contributed by atoms with Gasteiger partial charge in [0.2, 0.25) is 0 Å². The number of urea groups is 1. The molecule has 0 heterocycles. The van der Waals surface area contributed by atoms with Crippen molar-refractivity contribution in [3.8, 4) is 0 Å². The summed E-state index contributed by atoms with van der Waals surface area (Å²) < 4.78 is 0. The molecule has 0 aliphatic rings. The van der Waals surface area contributed by atoms with Crippen LogP contribution in [-0.4, -0.2) is 18.6 Å². The summed E-state index contributed by atoms with van der Waals surface area (Å²) in [6.07, 6.45) is 1.81. The van der Waals surface area contributed by atoms with Crippen LogP contribution in [0.2, 0.25) is 0 Å². The predicted octanol–water partition coefficient (Wildman–Crippen LogP) is 4.31. The molecule has 0 fully saturated rings. The van der Waals surface area contributed by atoms with Crippen LogP contribution in [0.5, 0.6) is 0 Å². The highest BCUT2D eigenvalue weighted by molar-refractivity contribution is 5.74. The molecule has 0 saturated carbocycles. The molecule has 1 atom stereocenters. The summed E-state index contributed by atoms with van der Waals surface area (Å²) in [5.74, 6) is 0.293. The average Bonchev–Trinajstić information content (AvgIpc) is 2.60. The van der Waals surface area contributed by atoms with Crippen molar-refractivity contribution in [1.82, 2.24) is 10.6 Å². The molecule has 0 aliphatic carbocycles. The third-order valence-corrected chi connectivity index (χ3v) is 4.11. The van der Waals surface area contributed by atoms with Gasteiger partial charge in [-0.25, -0.2) is 4.79 Å². The first kappa shape index (κ1) is 17.1. The van der Waals surface area contributed by atoms with E-state index in [4.69, 9.17) is 0 Å². The Balaban J connectivity index is 1.98. The topological polar surface area (TPSA) is 41.1 Å². The Bertz CT molecular complexity index is 544. The molecule has 3 nitrogen and oxygen atoms in total. The monoisotopic (exact) mass is 310 g/mol. The molecule has 0 spiro atoms. The highest BCUT2D eigenvalue weighted by Crippen LogP contribution is 2.27. The molecule has 0 bridgehead atoms. The van der Waals surface area contributed by atoms with E-state index < -0.39 is 0 Å². The van der Waals surface area contributed by atoms with Crippen molar-refractivity contribution in [2.45, 2.75) is 38.6 Å². The smallest absolute Gasteiger partial charge is 0.314 e. The molecule has 3 heteroatoms. The Morgan fingerprint density at radius 2 is 1.48 bits per heavy atom. The summed E-state index contributed by atoms with van der Waals surface area (Å²) in [6.45, 7) is 4.72. The van der Waals surface area contributed by atoms with Crippen LogP contribution in [0.4, 0.5) is 4.79 Å². The van der Waals surface area contributed by atoms with Gasteiger partial charge in [0.05, 0.1) is 0 Å². The predicted molar refractivity (Wildman–Crippen MR) is 95.6 cm³/mol. The maximum atomic E-state index is 11.8. The number of hydrogen-bond acceptors (Lipinski definition) is 1. The third-order valence-electron chi connectivity index (χ3n) is 4.11. The average molecular weight is 310 g/mol. The lowest BCUT2D eigenvalue weighted by Crippen LogP contribution is -2.41. The summed E-state index contributed by atoms with van der Waals surface area (Å²) in [7, 11) is 0. The first-order valence-electron chi connectivity index (χ1n) is 8.35. The summed E-state index contributed by atoms with van der Waals surface area (Å²) in [4.78, 5) is 11.8. The summed E-state index contributed by atoms with van der Waals surface area (Å²) >= 11 is 0. The quantitative estimate of drug-likeness (QED) is 0.786. The third kappa shape index (κ3) is 5.44. The van der Waals surface area contributed by atoms with E-state index >= 15 is 0 Å². The van der Waals surface area contributed by atoms with Crippen LogP contribution >= 0.6 is 0 Å². The van der Waals surface area contributed by atoms with E-state index in [1.165, 1.54) is 11.1 Å². The summed E-state index contributed by atoms with van der Waals surface area (Å²) in [5.41, 5.74) is 2.56. The van der Waals surface area contributed by atoms with Crippen LogP contribution in [0.25, 0.3) is 0 Å². The number of carbonyl (C=O) groups excluding carboxylic acids is 1. The second-order valence-corrected chi connectivity index (χ2v) is 5.87. The first-order valence-corrected chi connectivity index (χ1v) is 8.35. The molecular formula is C20H26N2O. The SMILES string of the molecule is CC[C@@H](C)NC(=O)NCCC(c1ccccc1)c1ccccc1. The Labute approximate surface area is 139 Å². The van der Waals surface area contributed by atoms with E-state index in [2.05, 4.69) is 66.1 Å². The molecule has 0 saturated heterocycles. The van der Waals surface area contributed by atoms with Crippen molar-refractivity contribution in [3.63, 3.8) is 0 Å². The van der Waals surface area contributed by atoms with Crippen LogP contribution in [0.15, 0.2) is 60.7 Å². The van der Waals surface area contributed by atoms with Gasteiger partial charge < -0.3 is 10.6 Å². The maximum Gasteiger partial charge on any atom is 0.314 e. The molecule has 23 heavy (non-hydrogen) atoms. The fraction of sp³-hybridized carbons (Fsp3) is 0.350. The number of benzene rings is 2. The van der Waals surface area contributed by atoms with Gasteiger partial charge in [-0.05, 0) is 30.9 Å². The summed E-state index contributed by atoms with van der Waals surface area (Å²) in [6, 6.07) is 21.0. The normalized spacial score (nSPS) is 12.0. The highest BCUT2D eigenvalue weighted by atomic mass is 16.2. The molecule has 2 rings (SSSR count). The van der Waals surface area contributed by atoms with Gasteiger partial charge in [0.15, 0.2) is 0 Å². The van der Waals surface area contributed by atoms with Gasteiger partial charge in [-0.15, -0.1) is 0 Å². The van der Waals surface area contributed by atoms with Crippen molar-refractivity contribution in [2.75, 3.05) is 6.54 Å². The second kappa shape index (κ2) is 8.99. The minimum absolute atomic E-state index is 0.0841.